The molecule has 1 amide bonds. The number of ether oxygens (including phenoxy) is 3. The lowest BCUT2D eigenvalue weighted by Crippen LogP contribution is -2.33. The lowest BCUT2D eigenvalue weighted by molar-refractivity contribution is 0.0733. The number of nitrogens with one attached hydrogen (secondary N) is 1. The van der Waals surface area contributed by atoms with Crippen LogP contribution in [0.2, 0.25) is 0 Å². The number of methoxy groups -OCH3 is 2. The van der Waals surface area contributed by atoms with Crippen LogP contribution in [0.15, 0.2) is 51.7 Å². The van der Waals surface area contributed by atoms with Crippen LogP contribution in [0.3, 0.4) is 0 Å². The van der Waals surface area contributed by atoms with E-state index < -0.39 is 17.5 Å². The van der Waals surface area contributed by atoms with Gasteiger partial charge in [-0.25, -0.2) is 9.59 Å². The molecule has 0 aliphatic heterocycles. The zero-order valence-corrected chi connectivity index (χ0v) is 17.0. The molecule has 1 N–H and O–H groups in total. The van der Waals surface area contributed by atoms with Crippen molar-refractivity contribution in [2.75, 3.05) is 14.2 Å². The Morgan fingerprint density at radius 2 is 1.60 bits per heavy atom. The molecular weight excluding hydrogens is 390 g/mol. The number of carbonyl (C=O) groups is 2. The molecule has 8 nitrogen and oxygen atoms in total. The van der Waals surface area contributed by atoms with Gasteiger partial charge in [-0.3, -0.25) is 4.79 Å². The molecule has 0 aliphatic rings. The maximum Gasteiger partial charge on any atom is 0.349 e. The number of amides is 1. The molecule has 3 rings (SSSR count). The second-order valence-electron chi connectivity index (χ2n) is 6.77. The third-order valence-corrected chi connectivity index (χ3v) is 4.17. The smallest absolute Gasteiger partial charge is 0.349 e. The topological polar surface area (TPSA) is 104 Å². The summed E-state index contributed by atoms with van der Waals surface area (Å²) in [5.41, 5.74) is -0.450. The first kappa shape index (κ1) is 20.9. The van der Waals surface area contributed by atoms with Gasteiger partial charge < -0.3 is 23.9 Å². The molecule has 0 fully saturated rings. The summed E-state index contributed by atoms with van der Waals surface area (Å²) in [5, 5.41) is 3.17. The van der Waals surface area contributed by atoms with Gasteiger partial charge in [0, 0.05) is 23.6 Å². The molecule has 1 aromatic heterocycles. The molecule has 0 radical (unpaired) electrons. The fourth-order valence-electron chi connectivity index (χ4n) is 2.74. The monoisotopic (exact) mass is 411 g/mol. The number of hydrogen-bond acceptors (Lipinski definition) is 7. The number of fused-ring (bicyclic) bond motifs is 1. The van der Waals surface area contributed by atoms with E-state index in [0.717, 1.165) is 0 Å². The molecule has 0 atom stereocenters. The van der Waals surface area contributed by atoms with Gasteiger partial charge in [0.05, 0.1) is 19.8 Å². The fourth-order valence-corrected chi connectivity index (χ4v) is 2.74. The van der Waals surface area contributed by atoms with Gasteiger partial charge in [0.1, 0.15) is 28.4 Å². The van der Waals surface area contributed by atoms with Crippen LogP contribution in [-0.4, -0.2) is 32.1 Å². The molecule has 1 heterocycles. The van der Waals surface area contributed by atoms with Crippen molar-refractivity contribution in [2.45, 2.75) is 19.9 Å². The van der Waals surface area contributed by atoms with Crippen molar-refractivity contribution < 1.29 is 28.2 Å². The highest BCUT2D eigenvalue weighted by atomic mass is 16.5. The van der Waals surface area contributed by atoms with Crippen molar-refractivity contribution in [3.05, 3.63) is 64.0 Å². The third kappa shape index (κ3) is 4.60. The van der Waals surface area contributed by atoms with Gasteiger partial charge in [-0.2, -0.15) is 0 Å². The molecular formula is C22H21NO7. The SMILES string of the molecule is COc1cc(OC)cc(C(=O)Oc2ccc3cc(C(=O)NC(C)C)c(=O)oc3c2)c1. The molecule has 0 aliphatic carbocycles. The molecule has 0 bridgehead atoms. The minimum atomic E-state index is -0.776. The van der Waals surface area contributed by atoms with Gasteiger partial charge in [0.2, 0.25) is 0 Å². The highest BCUT2D eigenvalue weighted by Crippen LogP contribution is 2.25. The van der Waals surface area contributed by atoms with Crippen molar-refractivity contribution in [2.24, 2.45) is 0 Å². The summed E-state index contributed by atoms with van der Waals surface area (Å²) in [5.74, 6) is -0.0854. The number of hydrogen-bond donors (Lipinski definition) is 1. The van der Waals surface area contributed by atoms with Crippen molar-refractivity contribution in [1.82, 2.24) is 5.32 Å². The molecule has 0 saturated heterocycles. The Hall–Kier alpha value is -3.81. The molecule has 3 aromatic rings. The van der Waals surface area contributed by atoms with E-state index in [9.17, 15) is 14.4 Å². The summed E-state index contributed by atoms with van der Waals surface area (Å²) in [4.78, 5) is 36.8. The summed E-state index contributed by atoms with van der Waals surface area (Å²) < 4.78 is 20.9. The Kier molecular flexibility index (Phi) is 6.06. The largest absolute Gasteiger partial charge is 0.497 e. The van der Waals surface area contributed by atoms with E-state index in [1.54, 1.807) is 32.0 Å². The standard InChI is InChI=1S/C22H21NO7/c1-12(2)23-20(24)18-9-13-5-6-15(11-19(13)30-22(18)26)29-21(25)14-7-16(27-3)10-17(8-14)28-4/h5-12H,1-4H3,(H,23,24). The first-order chi connectivity index (χ1) is 14.3. The van der Waals surface area contributed by atoms with E-state index in [1.165, 1.54) is 38.5 Å². The van der Waals surface area contributed by atoms with Crippen LogP contribution < -0.4 is 25.2 Å². The van der Waals surface area contributed by atoms with Crippen LogP contribution in [0.5, 0.6) is 17.2 Å². The van der Waals surface area contributed by atoms with Crippen molar-refractivity contribution >= 4 is 22.8 Å². The van der Waals surface area contributed by atoms with Gasteiger partial charge in [-0.05, 0) is 44.2 Å². The number of carbonyl (C=O) groups excluding carboxylic acids is 2. The molecule has 30 heavy (non-hydrogen) atoms. The predicted octanol–water partition coefficient (Wildman–Crippen LogP) is 3.17. The average molecular weight is 411 g/mol. The van der Waals surface area contributed by atoms with Gasteiger partial charge in [0.25, 0.3) is 5.91 Å². The quantitative estimate of drug-likeness (QED) is 0.377. The first-order valence-electron chi connectivity index (χ1n) is 9.14. The van der Waals surface area contributed by atoms with Crippen molar-refractivity contribution in [1.29, 1.82) is 0 Å². The highest BCUT2D eigenvalue weighted by molar-refractivity contribution is 5.97. The Bertz CT molecular complexity index is 1140. The molecule has 0 saturated carbocycles. The summed E-state index contributed by atoms with van der Waals surface area (Å²) in [6, 6.07) is 10.5. The maximum absolute atomic E-state index is 12.5. The predicted molar refractivity (Wildman–Crippen MR) is 110 cm³/mol. The van der Waals surface area contributed by atoms with Crippen molar-refractivity contribution in [3.63, 3.8) is 0 Å². The van der Waals surface area contributed by atoms with E-state index >= 15 is 0 Å². The summed E-state index contributed by atoms with van der Waals surface area (Å²) in [7, 11) is 2.95. The van der Waals surface area contributed by atoms with Gasteiger partial charge in [-0.1, -0.05) is 0 Å². The second-order valence-corrected chi connectivity index (χ2v) is 6.77. The fraction of sp³-hybridized carbons (Fsp3) is 0.227. The van der Waals surface area contributed by atoms with Crippen LogP contribution in [0, 0.1) is 0 Å². The maximum atomic E-state index is 12.5. The molecule has 8 heteroatoms. The van der Waals surface area contributed by atoms with Gasteiger partial charge >= 0.3 is 11.6 Å². The summed E-state index contributed by atoms with van der Waals surface area (Å²) >= 11 is 0. The molecule has 2 aromatic carbocycles. The summed E-state index contributed by atoms with van der Waals surface area (Å²) in [6.07, 6.45) is 0. The molecule has 156 valence electrons. The molecule has 0 spiro atoms. The summed E-state index contributed by atoms with van der Waals surface area (Å²) in [6.45, 7) is 3.58. The van der Waals surface area contributed by atoms with Gasteiger partial charge in [0.15, 0.2) is 0 Å². The Morgan fingerprint density at radius 3 is 2.20 bits per heavy atom. The third-order valence-electron chi connectivity index (χ3n) is 4.17. The van der Waals surface area contributed by atoms with E-state index in [0.29, 0.717) is 16.9 Å². The van der Waals surface area contributed by atoms with Crippen molar-refractivity contribution in [3.8, 4) is 17.2 Å². The Balaban J connectivity index is 1.88. The van der Waals surface area contributed by atoms with E-state index in [-0.39, 0.29) is 28.5 Å². The zero-order valence-electron chi connectivity index (χ0n) is 17.0. The van der Waals surface area contributed by atoms with E-state index in [1.807, 2.05) is 0 Å². The Morgan fingerprint density at radius 1 is 0.933 bits per heavy atom. The van der Waals surface area contributed by atoms with Crippen LogP contribution in [0.1, 0.15) is 34.6 Å². The normalized spacial score (nSPS) is 10.7. The van der Waals surface area contributed by atoms with Crippen LogP contribution in [-0.2, 0) is 0 Å². The number of rotatable bonds is 6. The lowest BCUT2D eigenvalue weighted by atomic mass is 10.1. The van der Waals surface area contributed by atoms with E-state index in [4.69, 9.17) is 18.6 Å². The first-order valence-corrected chi connectivity index (χ1v) is 9.14. The minimum absolute atomic E-state index is 0.0931. The average Bonchev–Trinajstić information content (AvgIpc) is 2.72. The van der Waals surface area contributed by atoms with E-state index in [2.05, 4.69) is 5.32 Å². The lowest BCUT2D eigenvalue weighted by Gasteiger charge is -2.10. The van der Waals surface area contributed by atoms with Crippen LogP contribution >= 0.6 is 0 Å². The zero-order chi connectivity index (χ0) is 21.8. The van der Waals surface area contributed by atoms with Crippen LogP contribution in [0.25, 0.3) is 11.0 Å². The van der Waals surface area contributed by atoms with Crippen LogP contribution in [0.4, 0.5) is 0 Å². The molecule has 0 unspecified atom stereocenters. The minimum Gasteiger partial charge on any atom is -0.497 e. The number of benzene rings is 2. The van der Waals surface area contributed by atoms with Gasteiger partial charge in [-0.15, -0.1) is 0 Å². The second kappa shape index (κ2) is 8.69. The highest BCUT2D eigenvalue weighted by Gasteiger charge is 2.16. The Labute approximate surface area is 172 Å². The number of esters is 1.